The van der Waals surface area contributed by atoms with Gasteiger partial charge in [-0.15, -0.1) is 0 Å². The predicted octanol–water partition coefficient (Wildman–Crippen LogP) is 2.32. The Morgan fingerprint density at radius 3 is 2.45 bits per heavy atom. The molecule has 4 rings (SSSR count). The topological polar surface area (TPSA) is 91.4 Å². The molecule has 0 saturated carbocycles. The van der Waals surface area contributed by atoms with Gasteiger partial charge in [-0.05, 0) is 44.4 Å². The standard InChI is InChI=1S/C22H24O7/c1-9-7-8-14-10(2)17(28-21(25)22(6)12(4)29-22)19(26-13(5)23)16-11(3)20(24)27-18(16)15(9)14/h7-8,12,16-19H,3H2,1-2,4-6H3. The third kappa shape index (κ3) is 2.87. The molecule has 0 aromatic carbocycles. The zero-order valence-electron chi connectivity index (χ0n) is 17.1. The summed E-state index contributed by atoms with van der Waals surface area (Å²) < 4.78 is 22.5. The van der Waals surface area contributed by atoms with Gasteiger partial charge in [-0.1, -0.05) is 18.7 Å². The molecule has 0 amide bonds. The minimum absolute atomic E-state index is 0.200. The van der Waals surface area contributed by atoms with Crippen molar-refractivity contribution in [3.8, 4) is 0 Å². The molecular weight excluding hydrogens is 376 g/mol. The van der Waals surface area contributed by atoms with Gasteiger partial charge in [0.15, 0.2) is 17.8 Å². The van der Waals surface area contributed by atoms with E-state index in [0.717, 1.165) is 22.3 Å². The summed E-state index contributed by atoms with van der Waals surface area (Å²) in [5.41, 5.74) is 2.49. The van der Waals surface area contributed by atoms with E-state index in [2.05, 4.69) is 6.58 Å². The van der Waals surface area contributed by atoms with Crippen LogP contribution in [0.15, 0.2) is 46.6 Å². The number of ether oxygens (including phenoxy) is 4. The lowest BCUT2D eigenvalue weighted by atomic mass is 9.85. The highest BCUT2D eigenvalue weighted by atomic mass is 16.7. The highest BCUT2D eigenvalue weighted by molar-refractivity contribution is 5.92. The molecule has 0 N–H and O–H groups in total. The van der Waals surface area contributed by atoms with E-state index in [1.807, 2.05) is 26.0 Å². The summed E-state index contributed by atoms with van der Waals surface area (Å²) in [7, 11) is 0. The summed E-state index contributed by atoms with van der Waals surface area (Å²) in [4.78, 5) is 37.1. The maximum Gasteiger partial charge on any atom is 0.341 e. The first-order valence-corrected chi connectivity index (χ1v) is 9.62. The van der Waals surface area contributed by atoms with Crippen LogP contribution in [-0.2, 0) is 33.3 Å². The van der Waals surface area contributed by atoms with Crippen molar-refractivity contribution in [2.75, 3.05) is 0 Å². The molecular formula is C22H24O7. The van der Waals surface area contributed by atoms with Crippen LogP contribution >= 0.6 is 0 Å². The van der Waals surface area contributed by atoms with Crippen molar-refractivity contribution in [2.24, 2.45) is 5.92 Å². The lowest BCUT2D eigenvalue weighted by Gasteiger charge is -2.31. The SMILES string of the molecule is C=C1C(=O)OC2C3=C(C)C=CC3=C(C)C(OC(=O)C3(C)OC3C)C(OC(C)=O)C12. The van der Waals surface area contributed by atoms with Gasteiger partial charge < -0.3 is 18.9 Å². The normalized spacial score (nSPS) is 37.8. The van der Waals surface area contributed by atoms with E-state index in [9.17, 15) is 14.4 Å². The van der Waals surface area contributed by atoms with E-state index in [-0.39, 0.29) is 11.7 Å². The van der Waals surface area contributed by atoms with E-state index in [1.165, 1.54) is 6.92 Å². The fraction of sp³-hybridized carbons (Fsp3) is 0.500. The third-order valence-electron chi connectivity index (χ3n) is 6.31. The number of rotatable bonds is 3. The Bertz CT molecular complexity index is 937. The molecule has 6 atom stereocenters. The summed E-state index contributed by atoms with van der Waals surface area (Å²) in [6.07, 6.45) is 1.07. The van der Waals surface area contributed by atoms with Crippen molar-refractivity contribution in [2.45, 2.75) is 64.6 Å². The quantitative estimate of drug-likeness (QED) is 0.311. The van der Waals surface area contributed by atoms with Crippen molar-refractivity contribution < 1.29 is 33.3 Å². The van der Waals surface area contributed by atoms with Crippen molar-refractivity contribution in [1.82, 2.24) is 0 Å². The molecule has 2 fully saturated rings. The molecule has 2 saturated heterocycles. The molecule has 0 aromatic heterocycles. The summed E-state index contributed by atoms with van der Waals surface area (Å²) >= 11 is 0. The monoisotopic (exact) mass is 400 g/mol. The minimum Gasteiger partial charge on any atom is -0.457 e. The minimum atomic E-state index is -1.03. The Balaban J connectivity index is 1.83. The molecule has 29 heavy (non-hydrogen) atoms. The Morgan fingerprint density at radius 1 is 1.21 bits per heavy atom. The van der Waals surface area contributed by atoms with Gasteiger partial charge in [-0.3, -0.25) is 4.79 Å². The van der Waals surface area contributed by atoms with Crippen molar-refractivity contribution in [3.63, 3.8) is 0 Å². The number of carbonyl (C=O) groups excluding carboxylic acids is 3. The maximum absolute atomic E-state index is 12.8. The fourth-order valence-electron chi connectivity index (χ4n) is 4.36. The number of fused-ring (bicyclic) bond motifs is 3. The van der Waals surface area contributed by atoms with Crippen LogP contribution in [0, 0.1) is 5.92 Å². The molecule has 2 aliphatic heterocycles. The first-order chi connectivity index (χ1) is 13.6. The summed E-state index contributed by atoms with van der Waals surface area (Å²) in [5, 5.41) is 0. The lowest BCUT2D eigenvalue weighted by Crippen LogP contribution is -2.45. The third-order valence-corrected chi connectivity index (χ3v) is 6.31. The molecule has 0 bridgehead atoms. The van der Waals surface area contributed by atoms with E-state index in [1.54, 1.807) is 13.8 Å². The number of hydrogen-bond acceptors (Lipinski definition) is 7. The van der Waals surface area contributed by atoms with Gasteiger partial charge in [0.1, 0.15) is 6.10 Å². The number of epoxide rings is 1. The molecule has 7 nitrogen and oxygen atoms in total. The largest absolute Gasteiger partial charge is 0.457 e. The zero-order chi connectivity index (χ0) is 21.2. The zero-order valence-corrected chi connectivity index (χ0v) is 17.1. The van der Waals surface area contributed by atoms with Gasteiger partial charge in [-0.2, -0.15) is 0 Å². The van der Waals surface area contributed by atoms with Crippen LogP contribution in [0.3, 0.4) is 0 Å². The van der Waals surface area contributed by atoms with Crippen LogP contribution in [0.2, 0.25) is 0 Å². The Labute approximate surface area is 169 Å². The molecule has 0 spiro atoms. The Morgan fingerprint density at radius 2 is 1.86 bits per heavy atom. The highest BCUT2D eigenvalue weighted by Crippen LogP contribution is 2.48. The van der Waals surface area contributed by atoms with E-state index in [4.69, 9.17) is 18.9 Å². The van der Waals surface area contributed by atoms with Gasteiger partial charge in [0.25, 0.3) is 0 Å². The van der Waals surface area contributed by atoms with Gasteiger partial charge >= 0.3 is 17.9 Å². The second kappa shape index (κ2) is 6.42. The number of carbonyl (C=O) groups is 3. The molecule has 2 heterocycles. The highest BCUT2D eigenvalue weighted by Gasteiger charge is 2.60. The molecule has 0 aromatic rings. The molecule has 7 heteroatoms. The Kier molecular flexibility index (Phi) is 4.35. The van der Waals surface area contributed by atoms with Crippen LogP contribution < -0.4 is 0 Å². The molecule has 6 unspecified atom stereocenters. The summed E-state index contributed by atoms with van der Waals surface area (Å²) in [5.74, 6) is -2.28. The summed E-state index contributed by atoms with van der Waals surface area (Å²) in [6.45, 7) is 12.4. The van der Waals surface area contributed by atoms with Crippen molar-refractivity contribution in [1.29, 1.82) is 0 Å². The van der Waals surface area contributed by atoms with E-state index >= 15 is 0 Å². The maximum atomic E-state index is 12.8. The molecule has 0 radical (unpaired) electrons. The van der Waals surface area contributed by atoms with E-state index in [0.29, 0.717) is 0 Å². The average molecular weight is 400 g/mol. The second-order valence-corrected chi connectivity index (χ2v) is 8.17. The lowest BCUT2D eigenvalue weighted by molar-refractivity contribution is -0.171. The smallest absolute Gasteiger partial charge is 0.341 e. The summed E-state index contributed by atoms with van der Waals surface area (Å²) in [6, 6.07) is 0. The van der Waals surface area contributed by atoms with Gasteiger partial charge in [0, 0.05) is 18.1 Å². The predicted molar refractivity (Wildman–Crippen MR) is 101 cm³/mol. The number of esters is 3. The molecule has 4 aliphatic rings. The van der Waals surface area contributed by atoms with Crippen LogP contribution in [-0.4, -0.2) is 47.9 Å². The Hall–Kier alpha value is -2.67. The first kappa shape index (κ1) is 19.6. The van der Waals surface area contributed by atoms with E-state index < -0.39 is 47.7 Å². The van der Waals surface area contributed by atoms with Crippen molar-refractivity contribution in [3.05, 3.63) is 46.6 Å². The number of allylic oxidation sites excluding steroid dienone is 3. The van der Waals surface area contributed by atoms with Crippen LogP contribution in [0.25, 0.3) is 0 Å². The first-order valence-electron chi connectivity index (χ1n) is 9.62. The number of hydrogen-bond donors (Lipinski definition) is 0. The van der Waals surface area contributed by atoms with Crippen LogP contribution in [0.1, 0.15) is 34.6 Å². The molecule has 2 aliphatic carbocycles. The van der Waals surface area contributed by atoms with Crippen molar-refractivity contribution >= 4 is 17.9 Å². The van der Waals surface area contributed by atoms with Gasteiger partial charge in [0.2, 0.25) is 0 Å². The fourth-order valence-corrected chi connectivity index (χ4v) is 4.36. The average Bonchev–Trinajstić information content (AvgIpc) is 2.97. The van der Waals surface area contributed by atoms with Crippen LogP contribution in [0.5, 0.6) is 0 Å². The van der Waals surface area contributed by atoms with Gasteiger partial charge in [0.05, 0.1) is 12.0 Å². The van der Waals surface area contributed by atoms with Gasteiger partial charge in [-0.25, -0.2) is 9.59 Å². The van der Waals surface area contributed by atoms with Crippen LogP contribution in [0.4, 0.5) is 0 Å². The second-order valence-electron chi connectivity index (χ2n) is 8.17. The molecule has 154 valence electrons.